The minimum absolute atomic E-state index is 0.00259. The van der Waals surface area contributed by atoms with Gasteiger partial charge in [-0.05, 0) is 49.7 Å². The van der Waals surface area contributed by atoms with Crippen molar-refractivity contribution in [1.29, 1.82) is 0 Å². The Bertz CT molecular complexity index is 628. The molecule has 29 heavy (non-hydrogen) atoms. The van der Waals surface area contributed by atoms with E-state index in [1.54, 1.807) is 0 Å². The van der Waals surface area contributed by atoms with Crippen LogP contribution in [0.3, 0.4) is 0 Å². The first-order valence-corrected chi connectivity index (χ1v) is 13.3. The highest BCUT2D eigenvalue weighted by atomic mass is 33.1. The van der Waals surface area contributed by atoms with Crippen LogP contribution >= 0.6 is 21.6 Å². The second kappa shape index (κ2) is 13.2. The molecule has 0 spiro atoms. The highest BCUT2D eigenvalue weighted by Crippen LogP contribution is 2.39. The van der Waals surface area contributed by atoms with Crippen LogP contribution in [-0.4, -0.2) is 35.9 Å². The first-order valence-electron chi connectivity index (χ1n) is 10.9. The predicted molar refractivity (Wildman–Crippen MR) is 126 cm³/mol. The third kappa shape index (κ3) is 9.47. The van der Waals surface area contributed by atoms with Crippen LogP contribution in [0.5, 0.6) is 0 Å². The Morgan fingerprint density at radius 3 is 2.45 bits per heavy atom. The molecule has 0 aliphatic carbocycles. The smallest absolute Gasteiger partial charge is 0.227 e. The van der Waals surface area contributed by atoms with E-state index in [0.717, 1.165) is 30.1 Å². The maximum absolute atomic E-state index is 12.4. The van der Waals surface area contributed by atoms with Gasteiger partial charge < -0.3 is 10.6 Å². The highest BCUT2D eigenvalue weighted by Gasteiger charge is 2.16. The van der Waals surface area contributed by atoms with Crippen molar-refractivity contribution in [2.75, 3.05) is 18.8 Å². The first-order chi connectivity index (χ1) is 14.0. The zero-order valence-electron chi connectivity index (χ0n) is 18.0. The summed E-state index contributed by atoms with van der Waals surface area (Å²) in [6.45, 7) is 7.29. The predicted octanol–water partition coefficient (Wildman–Crippen LogP) is 4.94. The van der Waals surface area contributed by atoms with E-state index in [9.17, 15) is 9.59 Å². The Labute approximate surface area is 184 Å². The molecular weight excluding hydrogens is 400 g/mol. The van der Waals surface area contributed by atoms with Gasteiger partial charge in [0.2, 0.25) is 11.8 Å². The van der Waals surface area contributed by atoms with Gasteiger partial charge in [0.1, 0.15) is 0 Å². The lowest BCUT2D eigenvalue weighted by atomic mass is 9.96. The largest absolute Gasteiger partial charge is 0.354 e. The summed E-state index contributed by atoms with van der Waals surface area (Å²) in [7, 11) is 3.97. The summed E-state index contributed by atoms with van der Waals surface area (Å²) in [5.41, 5.74) is 2.33. The summed E-state index contributed by atoms with van der Waals surface area (Å²) < 4.78 is 0. The average Bonchev–Trinajstić information content (AvgIpc) is 3.21. The van der Waals surface area contributed by atoms with Crippen LogP contribution < -0.4 is 10.6 Å². The Kier molecular flexibility index (Phi) is 11.0. The number of hydrogen-bond acceptors (Lipinski definition) is 4. The highest BCUT2D eigenvalue weighted by molar-refractivity contribution is 8.77. The maximum Gasteiger partial charge on any atom is 0.227 e. The number of amides is 2. The Hall–Kier alpha value is -1.14. The Balaban J connectivity index is 1.56. The molecule has 0 bridgehead atoms. The van der Waals surface area contributed by atoms with Crippen molar-refractivity contribution in [2.24, 2.45) is 5.92 Å². The van der Waals surface area contributed by atoms with Crippen LogP contribution in [0.2, 0.25) is 0 Å². The van der Waals surface area contributed by atoms with Gasteiger partial charge >= 0.3 is 0 Å². The molecule has 0 saturated carbocycles. The van der Waals surface area contributed by atoms with E-state index in [2.05, 4.69) is 36.6 Å². The van der Waals surface area contributed by atoms with Crippen LogP contribution in [-0.2, 0) is 16.0 Å². The molecule has 0 radical (unpaired) electrons. The zero-order valence-corrected chi connectivity index (χ0v) is 19.7. The lowest BCUT2D eigenvalue weighted by molar-refractivity contribution is -0.123. The summed E-state index contributed by atoms with van der Waals surface area (Å²) in [5.74, 6) is 1.79. The molecule has 162 valence electrons. The topological polar surface area (TPSA) is 58.2 Å². The van der Waals surface area contributed by atoms with E-state index in [4.69, 9.17) is 0 Å². The van der Waals surface area contributed by atoms with Crippen molar-refractivity contribution in [2.45, 2.75) is 70.5 Å². The summed E-state index contributed by atoms with van der Waals surface area (Å²) in [4.78, 5) is 24.3. The SMILES string of the molecule is CC(C)Cc1ccc(C(C)C(=O)NCCNC(=O)CCCC[C@H]2CCSS2)cc1. The molecule has 2 rings (SSSR count). The van der Waals surface area contributed by atoms with Crippen LogP contribution in [0.15, 0.2) is 24.3 Å². The number of benzene rings is 1. The van der Waals surface area contributed by atoms with Crippen molar-refractivity contribution in [3.05, 3.63) is 35.4 Å². The van der Waals surface area contributed by atoms with Gasteiger partial charge in [0.15, 0.2) is 0 Å². The van der Waals surface area contributed by atoms with Gasteiger partial charge in [0, 0.05) is 30.5 Å². The van der Waals surface area contributed by atoms with E-state index < -0.39 is 0 Å². The molecule has 1 fully saturated rings. The van der Waals surface area contributed by atoms with Gasteiger partial charge in [-0.1, -0.05) is 66.1 Å². The molecule has 2 atom stereocenters. The normalized spacial score (nSPS) is 17.3. The van der Waals surface area contributed by atoms with Crippen LogP contribution in [0, 0.1) is 5.92 Å². The molecule has 1 saturated heterocycles. The first kappa shape index (κ1) is 24.1. The number of unbranched alkanes of at least 4 members (excludes halogenated alkanes) is 1. The lowest BCUT2D eigenvalue weighted by Crippen LogP contribution is -2.36. The fourth-order valence-corrected chi connectivity index (χ4v) is 6.44. The van der Waals surface area contributed by atoms with E-state index in [0.29, 0.717) is 25.4 Å². The number of carbonyl (C=O) groups is 2. The Morgan fingerprint density at radius 2 is 1.79 bits per heavy atom. The van der Waals surface area contributed by atoms with Crippen molar-refractivity contribution in [3.8, 4) is 0 Å². The molecule has 1 aromatic rings. The maximum atomic E-state index is 12.4. The molecule has 4 nitrogen and oxygen atoms in total. The van der Waals surface area contributed by atoms with E-state index >= 15 is 0 Å². The van der Waals surface area contributed by atoms with E-state index in [-0.39, 0.29) is 17.7 Å². The van der Waals surface area contributed by atoms with Crippen LogP contribution in [0.25, 0.3) is 0 Å². The van der Waals surface area contributed by atoms with Crippen molar-refractivity contribution in [1.82, 2.24) is 10.6 Å². The molecule has 2 amide bonds. The molecule has 1 aliphatic heterocycles. The Morgan fingerprint density at radius 1 is 1.07 bits per heavy atom. The molecule has 1 heterocycles. The minimum atomic E-state index is -0.189. The minimum Gasteiger partial charge on any atom is -0.354 e. The van der Waals surface area contributed by atoms with E-state index in [1.807, 2.05) is 40.6 Å². The average molecular weight is 437 g/mol. The van der Waals surface area contributed by atoms with Gasteiger partial charge in [0.25, 0.3) is 0 Å². The molecule has 1 unspecified atom stereocenters. The van der Waals surface area contributed by atoms with E-state index in [1.165, 1.54) is 24.2 Å². The standard InChI is InChI=1S/C23H36N2O2S2/c1-17(2)16-19-8-10-20(11-9-19)18(3)23(27)25-14-13-24-22(26)7-5-4-6-21-12-15-28-29-21/h8-11,17-18,21H,4-7,12-16H2,1-3H3,(H,24,26)(H,25,27)/t18?,21-/m0/s1. The molecule has 0 aromatic heterocycles. The molecule has 6 heteroatoms. The third-order valence-electron chi connectivity index (χ3n) is 5.17. The zero-order chi connectivity index (χ0) is 21.1. The van der Waals surface area contributed by atoms with Crippen LogP contribution in [0.1, 0.15) is 69.9 Å². The number of nitrogens with one attached hydrogen (secondary N) is 2. The number of rotatable bonds is 12. The van der Waals surface area contributed by atoms with Gasteiger partial charge in [-0.2, -0.15) is 0 Å². The molecule has 2 N–H and O–H groups in total. The summed E-state index contributed by atoms with van der Waals surface area (Å²) >= 11 is 0. The number of carbonyl (C=O) groups excluding carboxylic acids is 2. The van der Waals surface area contributed by atoms with Gasteiger partial charge in [-0.15, -0.1) is 0 Å². The third-order valence-corrected chi connectivity index (χ3v) is 8.18. The fraction of sp³-hybridized carbons (Fsp3) is 0.652. The van der Waals surface area contributed by atoms with Gasteiger partial charge in [-0.25, -0.2) is 0 Å². The monoisotopic (exact) mass is 436 g/mol. The summed E-state index contributed by atoms with van der Waals surface area (Å²) in [5, 5.41) is 6.62. The number of hydrogen-bond donors (Lipinski definition) is 2. The quantitative estimate of drug-likeness (QED) is 0.360. The molecule has 1 aliphatic rings. The summed E-state index contributed by atoms with van der Waals surface area (Å²) in [6.07, 6.45) is 6.23. The van der Waals surface area contributed by atoms with Crippen LogP contribution in [0.4, 0.5) is 0 Å². The molecular formula is C23H36N2O2S2. The van der Waals surface area contributed by atoms with Crippen molar-refractivity contribution < 1.29 is 9.59 Å². The fourth-order valence-electron chi connectivity index (χ4n) is 3.42. The lowest BCUT2D eigenvalue weighted by Gasteiger charge is -2.14. The second-order valence-corrected chi connectivity index (χ2v) is 11.1. The molecule has 1 aromatic carbocycles. The van der Waals surface area contributed by atoms with Gasteiger partial charge in [-0.3, -0.25) is 9.59 Å². The van der Waals surface area contributed by atoms with Crippen molar-refractivity contribution >= 4 is 33.4 Å². The summed E-state index contributed by atoms with van der Waals surface area (Å²) in [6, 6.07) is 8.33. The second-order valence-electron chi connectivity index (χ2n) is 8.28. The van der Waals surface area contributed by atoms with Crippen molar-refractivity contribution in [3.63, 3.8) is 0 Å². The van der Waals surface area contributed by atoms with Gasteiger partial charge in [0.05, 0.1) is 5.92 Å².